The van der Waals surface area contributed by atoms with Gasteiger partial charge in [-0.3, -0.25) is 14.4 Å². The molecule has 1 heterocycles. The highest BCUT2D eigenvalue weighted by Gasteiger charge is 2.37. The lowest BCUT2D eigenvalue weighted by Gasteiger charge is -2.34. The zero-order chi connectivity index (χ0) is 15.6. The second kappa shape index (κ2) is 6.03. The third-order valence-corrected chi connectivity index (χ3v) is 4.09. The van der Waals surface area contributed by atoms with E-state index in [4.69, 9.17) is 5.11 Å². The quantitative estimate of drug-likeness (QED) is 0.792. The fourth-order valence-corrected chi connectivity index (χ4v) is 2.84. The molecule has 0 radical (unpaired) electrons. The van der Waals surface area contributed by atoms with Crippen molar-refractivity contribution >= 4 is 17.8 Å². The average molecular weight is 296 g/mol. The van der Waals surface area contributed by atoms with Gasteiger partial charge in [0, 0.05) is 24.5 Å². The maximum atomic E-state index is 12.3. The molecule has 1 aliphatic carbocycles. The molecule has 21 heavy (non-hydrogen) atoms. The first-order chi connectivity index (χ1) is 9.78. The van der Waals surface area contributed by atoms with Gasteiger partial charge < -0.3 is 15.3 Å². The fourth-order valence-electron chi connectivity index (χ4n) is 2.84. The van der Waals surface area contributed by atoms with Crippen LogP contribution >= 0.6 is 0 Å². The van der Waals surface area contributed by atoms with Gasteiger partial charge in [-0.2, -0.15) is 0 Å². The van der Waals surface area contributed by atoms with Gasteiger partial charge in [0.1, 0.15) is 0 Å². The summed E-state index contributed by atoms with van der Waals surface area (Å²) in [7, 11) is 0. The van der Waals surface area contributed by atoms with E-state index in [1.807, 2.05) is 0 Å². The second-order valence-corrected chi connectivity index (χ2v) is 6.84. The van der Waals surface area contributed by atoms with E-state index < -0.39 is 11.5 Å². The highest BCUT2D eigenvalue weighted by atomic mass is 16.4. The van der Waals surface area contributed by atoms with E-state index in [1.165, 1.54) is 0 Å². The van der Waals surface area contributed by atoms with Gasteiger partial charge in [-0.05, 0) is 39.5 Å². The van der Waals surface area contributed by atoms with Crippen molar-refractivity contribution in [2.45, 2.75) is 51.5 Å². The summed E-state index contributed by atoms with van der Waals surface area (Å²) in [5.74, 6) is -0.953. The van der Waals surface area contributed by atoms with Gasteiger partial charge in [-0.1, -0.05) is 0 Å². The average Bonchev–Trinajstić information content (AvgIpc) is 3.20. The molecule has 2 amide bonds. The summed E-state index contributed by atoms with van der Waals surface area (Å²) in [4.78, 5) is 37.0. The van der Waals surface area contributed by atoms with E-state index in [2.05, 4.69) is 5.32 Å². The molecule has 6 nitrogen and oxygen atoms in total. The first-order valence-corrected chi connectivity index (χ1v) is 7.61. The van der Waals surface area contributed by atoms with Crippen LogP contribution in [0.1, 0.15) is 46.0 Å². The Morgan fingerprint density at radius 2 is 1.86 bits per heavy atom. The number of hydrogen-bond donors (Lipinski definition) is 2. The number of carbonyl (C=O) groups is 3. The van der Waals surface area contributed by atoms with Crippen LogP contribution in [0.2, 0.25) is 0 Å². The predicted molar refractivity (Wildman–Crippen MR) is 76.5 cm³/mol. The summed E-state index contributed by atoms with van der Waals surface area (Å²) in [6, 6.07) is 0. The molecule has 2 aliphatic rings. The second-order valence-electron chi connectivity index (χ2n) is 6.84. The molecule has 1 saturated heterocycles. The van der Waals surface area contributed by atoms with Crippen LogP contribution < -0.4 is 5.32 Å². The van der Waals surface area contributed by atoms with Crippen LogP contribution in [0, 0.1) is 11.8 Å². The number of amides is 2. The molecule has 0 spiro atoms. The van der Waals surface area contributed by atoms with Crippen molar-refractivity contribution in [3.63, 3.8) is 0 Å². The van der Waals surface area contributed by atoms with Crippen LogP contribution in [-0.4, -0.2) is 46.4 Å². The van der Waals surface area contributed by atoms with Gasteiger partial charge >= 0.3 is 5.97 Å². The van der Waals surface area contributed by atoms with Gasteiger partial charge in [0.25, 0.3) is 0 Å². The molecule has 2 N–H and O–H groups in total. The number of piperidine rings is 1. The Labute approximate surface area is 124 Å². The van der Waals surface area contributed by atoms with E-state index in [0.29, 0.717) is 6.54 Å². The summed E-state index contributed by atoms with van der Waals surface area (Å²) in [5, 5.41) is 11.7. The molecule has 1 atom stereocenters. The molecule has 1 aliphatic heterocycles. The van der Waals surface area contributed by atoms with Crippen LogP contribution in [0.15, 0.2) is 0 Å². The lowest BCUT2D eigenvalue weighted by molar-refractivity contribution is -0.139. The standard InChI is InChI=1S/C15H24N2O4/c1-15(2,8-12(18)19)16-13(20)11-4-3-7-17(9-11)14(21)10-5-6-10/h10-11H,3-9H2,1-2H3,(H,16,20)(H,18,19). The van der Waals surface area contributed by atoms with Crippen LogP contribution in [0.4, 0.5) is 0 Å². The summed E-state index contributed by atoms with van der Waals surface area (Å²) >= 11 is 0. The highest BCUT2D eigenvalue weighted by molar-refractivity contribution is 5.84. The minimum Gasteiger partial charge on any atom is -0.481 e. The number of aliphatic carboxylic acids is 1. The Kier molecular flexibility index (Phi) is 4.54. The third kappa shape index (κ3) is 4.44. The molecule has 1 saturated carbocycles. The number of likely N-dealkylation sites (tertiary alicyclic amines) is 1. The molecule has 0 aromatic rings. The molecule has 6 heteroatoms. The van der Waals surface area contributed by atoms with Gasteiger partial charge in [0.05, 0.1) is 12.3 Å². The van der Waals surface area contributed by atoms with Crippen molar-refractivity contribution in [3.05, 3.63) is 0 Å². The van der Waals surface area contributed by atoms with Crippen LogP contribution in [0.5, 0.6) is 0 Å². The smallest absolute Gasteiger partial charge is 0.305 e. The Morgan fingerprint density at radius 1 is 1.19 bits per heavy atom. The number of carbonyl (C=O) groups excluding carboxylic acids is 2. The zero-order valence-electron chi connectivity index (χ0n) is 12.7. The SMILES string of the molecule is CC(C)(CC(=O)O)NC(=O)C1CCCN(C(=O)C2CC2)C1. The Bertz CT molecular complexity index is 443. The molecule has 0 aromatic carbocycles. The van der Waals surface area contributed by atoms with E-state index in [0.717, 1.165) is 32.2 Å². The Hall–Kier alpha value is -1.59. The van der Waals surface area contributed by atoms with E-state index in [1.54, 1.807) is 18.7 Å². The van der Waals surface area contributed by atoms with Gasteiger partial charge in [0.2, 0.25) is 11.8 Å². The number of hydrogen-bond acceptors (Lipinski definition) is 3. The summed E-state index contributed by atoms with van der Waals surface area (Å²) in [6.07, 6.45) is 3.41. The minimum absolute atomic E-state index is 0.115. The normalized spacial score (nSPS) is 22.8. The van der Waals surface area contributed by atoms with Gasteiger partial charge in [0.15, 0.2) is 0 Å². The number of carboxylic acid groups (broad SMARTS) is 1. The van der Waals surface area contributed by atoms with Crippen LogP contribution in [0.3, 0.4) is 0 Å². The largest absolute Gasteiger partial charge is 0.481 e. The molecular weight excluding hydrogens is 272 g/mol. The Balaban J connectivity index is 1.89. The first kappa shape index (κ1) is 15.8. The van der Waals surface area contributed by atoms with Gasteiger partial charge in [-0.25, -0.2) is 0 Å². The van der Waals surface area contributed by atoms with E-state index in [9.17, 15) is 14.4 Å². The molecular formula is C15H24N2O4. The number of carboxylic acids is 1. The van der Waals surface area contributed by atoms with Crippen molar-refractivity contribution in [2.75, 3.05) is 13.1 Å². The number of nitrogens with one attached hydrogen (secondary N) is 1. The summed E-state index contributed by atoms with van der Waals surface area (Å²) in [6.45, 7) is 4.60. The number of nitrogens with zero attached hydrogens (tertiary/aromatic N) is 1. The first-order valence-electron chi connectivity index (χ1n) is 7.61. The maximum Gasteiger partial charge on any atom is 0.305 e. The minimum atomic E-state index is -0.936. The third-order valence-electron chi connectivity index (χ3n) is 4.09. The van der Waals surface area contributed by atoms with Crippen molar-refractivity contribution in [1.29, 1.82) is 0 Å². The summed E-state index contributed by atoms with van der Waals surface area (Å²) in [5.41, 5.74) is -0.772. The topological polar surface area (TPSA) is 86.7 Å². The number of rotatable bonds is 5. The zero-order valence-corrected chi connectivity index (χ0v) is 12.7. The molecule has 0 bridgehead atoms. The van der Waals surface area contributed by atoms with E-state index >= 15 is 0 Å². The highest BCUT2D eigenvalue weighted by Crippen LogP contribution is 2.32. The van der Waals surface area contributed by atoms with Crippen molar-refractivity contribution in [2.24, 2.45) is 11.8 Å². The predicted octanol–water partition coefficient (Wildman–Crippen LogP) is 1.00. The maximum absolute atomic E-state index is 12.3. The molecule has 2 rings (SSSR count). The molecule has 118 valence electrons. The van der Waals surface area contributed by atoms with Crippen molar-refractivity contribution in [1.82, 2.24) is 10.2 Å². The van der Waals surface area contributed by atoms with Crippen molar-refractivity contribution in [3.8, 4) is 0 Å². The monoisotopic (exact) mass is 296 g/mol. The van der Waals surface area contributed by atoms with E-state index in [-0.39, 0.29) is 30.1 Å². The lowest BCUT2D eigenvalue weighted by Crippen LogP contribution is -2.51. The Morgan fingerprint density at radius 3 is 2.43 bits per heavy atom. The molecule has 0 aromatic heterocycles. The van der Waals surface area contributed by atoms with Crippen LogP contribution in [0.25, 0.3) is 0 Å². The molecule has 2 fully saturated rings. The molecule has 1 unspecified atom stereocenters. The van der Waals surface area contributed by atoms with Crippen LogP contribution in [-0.2, 0) is 14.4 Å². The summed E-state index contributed by atoms with van der Waals surface area (Å²) < 4.78 is 0. The van der Waals surface area contributed by atoms with Crippen molar-refractivity contribution < 1.29 is 19.5 Å². The lowest BCUT2D eigenvalue weighted by atomic mass is 9.94. The fraction of sp³-hybridized carbons (Fsp3) is 0.800. The van der Waals surface area contributed by atoms with Gasteiger partial charge in [-0.15, -0.1) is 0 Å².